The summed E-state index contributed by atoms with van der Waals surface area (Å²) in [4.78, 5) is 0. The third-order valence-electron chi connectivity index (χ3n) is 3.42. The Morgan fingerprint density at radius 2 is 1.70 bits per heavy atom. The summed E-state index contributed by atoms with van der Waals surface area (Å²) in [6, 6.07) is 8.89. The van der Waals surface area contributed by atoms with Gasteiger partial charge in [-0.15, -0.1) is 0 Å². The molecule has 1 aromatic carbocycles. The summed E-state index contributed by atoms with van der Waals surface area (Å²) in [6.07, 6.45) is 2.20. The van der Waals surface area contributed by atoms with Gasteiger partial charge in [0.05, 0.1) is 5.60 Å². The molecule has 0 aromatic heterocycles. The molecule has 0 fully saturated rings. The van der Waals surface area contributed by atoms with Crippen LogP contribution in [0.5, 0.6) is 0 Å². The first-order chi connectivity index (χ1) is 9.43. The van der Waals surface area contributed by atoms with E-state index in [1.54, 1.807) is 0 Å². The molecule has 114 valence electrons. The number of benzene rings is 1. The van der Waals surface area contributed by atoms with Crippen LogP contribution in [0.15, 0.2) is 24.3 Å². The van der Waals surface area contributed by atoms with Crippen LogP contribution in [-0.2, 0) is 17.7 Å². The Labute approximate surface area is 124 Å². The van der Waals surface area contributed by atoms with Crippen LogP contribution in [0.2, 0.25) is 0 Å². The Hall–Kier alpha value is -0.860. The highest BCUT2D eigenvalue weighted by Gasteiger charge is 2.17. The predicted molar refractivity (Wildman–Crippen MR) is 87.0 cm³/mol. The largest absolute Gasteiger partial charge is 0.376 e. The lowest BCUT2D eigenvalue weighted by atomic mass is 9.97. The molecule has 0 saturated heterocycles. The van der Waals surface area contributed by atoms with Gasteiger partial charge in [-0.25, -0.2) is 0 Å². The molecular formula is C18H31NO. The molecule has 0 aliphatic rings. The number of ether oxygens (including phenoxy) is 1. The standard InChI is InChI=1S/C18H31NO/c1-6-20-18(4,5)13-16-7-9-17(10-8-16)14-19-12-11-15(2)3/h7-10,15,19H,6,11-14H2,1-5H3. The van der Waals surface area contributed by atoms with Crippen molar-refractivity contribution >= 4 is 0 Å². The van der Waals surface area contributed by atoms with Crippen LogP contribution >= 0.6 is 0 Å². The molecular weight excluding hydrogens is 246 g/mol. The van der Waals surface area contributed by atoms with Crippen molar-refractivity contribution in [1.29, 1.82) is 0 Å². The lowest BCUT2D eigenvalue weighted by Crippen LogP contribution is -2.27. The van der Waals surface area contributed by atoms with E-state index in [1.807, 2.05) is 6.92 Å². The summed E-state index contributed by atoms with van der Waals surface area (Å²) in [5, 5.41) is 3.50. The normalized spacial score (nSPS) is 12.1. The van der Waals surface area contributed by atoms with Crippen LogP contribution in [0, 0.1) is 5.92 Å². The summed E-state index contributed by atoms with van der Waals surface area (Å²) in [6.45, 7) is 13.7. The molecule has 0 radical (unpaired) electrons. The van der Waals surface area contributed by atoms with Gasteiger partial charge in [-0.1, -0.05) is 38.1 Å². The smallest absolute Gasteiger partial charge is 0.0666 e. The summed E-state index contributed by atoms with van der Waals surface area (Å²) >= 11 is 0. The van der Waals surface area contributed by atoms with Crippen molar-refractivity contribution in [3.63, 3.8) is 0 Å². The van der Waals surface area contributed by atoms with Gasteiger partial charge in [0.2, 0.25) is 0 Å². The number of hydrogen-bond acceptors (Lipinski definition) is 2. The Kier molecular flexibility index (Phi) is 7.25. The topological polar surface area (TPSA) is 21.3 Å². The van der Waals surface area contributed by atoms with Crippen LogP contribution in [0.4, 0.5) is 0 Å². The first-order valence-electron chi connectivity index (χ1n) is 7.85. The molecule has 0 unspecified atom stereocenters. The van der Waals surface area contributed by atoms with Crippen molar-refractivity contribution in [3.8, 4) is 0 Å². The van der Waals surface area contributed by atoms with Crippen molar-refractivity contribution < 1.29 is 4.74 Å². The maximum Gasteiger partial charge on any atom is 0.0666 e. The zero-order chi connectivity index (χ0) is 15.0. The molecule has 0 aliphatic heterocycles. The molecule has 0 amide bonds. The SMILES string of the molecule is CCOC(C)(C)Cc1ccc(CNCCC(C)C)cc1. The Balaban J connectivity index is 2.40. The van der Waals surface area contributed by atoms with Gasteiger partial charge in [0.25, 0.3) is 0 Å². The molecule has 0 spiro atoms. The Morgan fingerprint density at radius 3 is 2.25 bits per heavy atom. The number of hydrogen-bond donors (Lipinski definition) is 1. The molecule has 0 bridgehead atoms. The summed E-state index contributed by atoms with van der Waals surface area (Å²) in [7, 11) is 0. The highest BCUT2D eigenvalue weighted by Crippen LogP contribution is 2.17. The fourth-order valence-corrected chi connectivity index (χ4v) is 2.33. The lowest BCUT2D eigenvalue weighted by molar-refractivity contribution is -0.00933. The number of nitrogens with one attached hydrogen (secondary N) is 1. The third-order valence-corrected chi connectivity index (χ3v) is 3.42. The minimum atomic E-state index is -0.0776. The first kappa shape index (κ1) is 17.2. The monoisotopic (exact) mass is 277 g/mol. The van der Waals surface area contributed by atoms with Crippen LogP contribution in [0.1, 0.15) is 52.2 Å². The zero-order valence-corrected chi connectivity index (χ0v) is 13.8. The van der Waals surface area contributed by atoms with Gasteiger partial charge in [0, 0.05) is 19.6 Å². The van der Waals surface area contributed by atoms with Gasteiger partial charge in [0.1, 0.15) is 0 Å². The molecule has 0 saturated carbocycles. The molecule has 1 rings (SSSR count). The highest BCUT2D eigenvalue weighted by atomic mass is 16.5. The predicted octanol–water partition coefficient (Wildman–Crippen LogP) is 4.18. The van der Waals surface area contributed by atoms with Crippen LogP contribution in [0.25, 0.3) is 0 Å². The van der Waals surface area contributed by atoms with Crippen LogP contribution < -0.4 is 5.32 Å². The van der Waals surface area contributed by atoms with E-state index in [9.17, 15) is 0 Å². The van der Waals surface area contributed by atoms with Gasteiger partial charge >= 0.3 is 0 Å². The van der Waals surface area contributed by atoms with E-state index in [2.05, 4.69) is 57.3 Å². The second kappa shape index (κ2) is 8.43. The van der Waals surface area contributed by atoms with E-state index < -0.39 is 0 Å². The average Bonchev–Trinajstić information content (AvgIpc) is 2.35. The highest BCUT2D eigenvalue weighted by molar-refractivity contribution is 5.23. The first-order valence-corrected chi connectivity index (χ1v) is 7.85. The molecule has 0 heterocycles. The second-order valence-corrected chi connectivity index (χ2v) is 6.55. The maximum absolute atomic E-state index is 5.75. The van der Waals surface area contributed by atoms with Crippen molar-refractivity contribution in [1.82, 2.24) is 5.32 Å². The summed E-state index contributed by atoms with van der Waals surface area (Å²) < 4.78 is 5.75. The molecule has 20 heavy (non-hydrogen) atoms. The van der Waals surface area contributed by atoms with Crippen molar-refractivity contribution in [2.75, 3.05) is 13.2 Å². The second-order valence-electron chi connectivity index (χ2n) is 6.55. The summed E-state index contributed by atoms with van der Waals surface area (Å²) in [5.41, 5.74) is 2.62. The van der Waals surface area contributed by atoms with Crippen LogP contribution in [0.3, 0.4) is 0 Å². The van der Waals surface area contributed by atoms with E-state index in [4.69, 9.17) is 4.74 Å². The van der Waals surface area contributed by atoms with Crippen LogP contribution in [-0.4, -0.2) is 18.8 Å². The molecule has 1 aromatic rings. The van der Waals surface area contributed by atoms with Crippen molar-refractivity contribution in [2.24, 2.45) is 5.92 Å². The fourth-order valence-electron chi connectivity index (χ4n) is 2.33. The van der Waals surface area contributed by atoms with Gasteiger partial charge < -0.3 is 10.1 Å². The minimum absolute atomic E-state index is 0.0776. The van der Waals surface area contributed by atoms with Crippen molar-refractivity contribution in [3.05, 3.63) is 35.4 Å². The van der Waals surface area contributed by atoms with E-state index >= 15 is 0 Å². The summed E-state index contributed by atoms with van der Waals surface area (Å²) in [5.74, 6) is 0.769. The Bertz CT molecular complexity index is 368. The van der Waals surface area contributed by atoms with E-state index in [-0.39, 0.29) is 5.60 Å². The van der Waals surface area contributed by atoms with Crippen molar-refractivity contribution in [2.45, 2.75) is 59.6 Å². The molecule has 0 aliphatic carbocycles. The van der Waals surface area contributed by atoms with Gasteiger partial charge in [-0.2, -0.15) is 0 Å². The van der Waals surface area contributed by atoms with Gasteiger partial charge in [-0.05, 0) is 50.8 Å². The van der Waals surface area contributed by atoms with E-state index in [0.717, 1.165) is 32.0 Å². The molecule has 2 nitrogen and oxygen atoms in total. The quantitative estimate of drug-likeness (QED) is 0.684. The van der Waals surface area contributed by atoms with E-state index in [1.165, 1.54) is 17.5 Å². The third kappa shape index (κ3) is 7.06. The average molecular weight is 277 g/mol. The zero-order valence-electron chi connectivity index (χ0n) is 13.8. The fraction of sp³-hybridized carbons (Fsp3) is 0.667. The molecule has 0 atom stereocenters. The number of rotatable bonds is 9. The molecule has 1 N–H and O–H groups in total. The maximum atomic E-state index is 5.75. The minimum Gasteiger partial charge on any atom is -0.376 e. The van der Waals surface area contributed by atoms with E-state index in [0.29, 0.717) is 0 Å². The van der Waals surface area contributed by atoms with Gasteiger partial charge in [-0.3, -0.25) is 0 Å². The van der Waals surface area contributed by atoms with Gasteiger partial charge in [0.15, 0.2) is 0 Å². The molecule has 2 heteroatoms. The Morgan fingerprint density at radius 1 is 1.10 bits per heavy atom. The lowest BCUT2D eigenvalue weighted by Gasteiger charge is -2.24.